The number of rotatable bonds is 5. The minimum atomic E-state index is -3.67. The van der Waals surface area contributed by atoms with Gasteiger partial charge in [-0.3, -0.25) is 0 Å². The lowest BCUT2D eigenvalue weighted by atomic mass is 9.92. The second-order valence-electron chi connectivity index (χ2n) is 6.78. The van der Waals surface area contributed by atoms with Crippen molar-refractivity contribution in [2.45, 2.75) is 24.2 Å². The first kappa shape index (κ1) is 18.9. The van der Waals surface area contributed by atoms with Crippen LogP contribution in [0.25, 0.3) is 0 Å². The molecule has 2 N–H and O–H groups in total. The number of benzene rings is 1. The molecule has 1 heterocycles. The SMILES string of the molecule is COc1ccc(Cl)cc1S(=O)(=O)C[C@@H]1CC12CCN(S(N)(=O)=O)CC2. The van der Waals surface area contributed by atoms with Crippen molar-refractivity contribution in [1.29, 1.82) is 0 Å². The Morgan fingerprint density at radius 2 is 1.92 bits per heavy atom. The lowest BCUT2D eigenvalue weighted by Crippen LogP contribution is -2.43. The van der Waals surface area contributed by atoms with Crippen molar-refractivity contribution < 1.29 is 21.6 Å². The summed E-state index contributed by atoms with van der Waals surface area (Å²) in [6.07, 6.45) is 2.06. The van der Waals surface area contributed by atoms with E-state index in [1.54, 1.807) is 12.1 Å². The van der Waals surface area contributed by atoms with Gasteiger partial charge >= 0.3 is 0 Å². The van der Waals surface area contributed by atoms with E-state index in [4.69, 9.17) is 21.5 Å². The van der Waals surface area contributed by atoms with Crippen LogP contribution in [0.5, 0.6) is 5.75 Å². The number of sulfone groups is 1. The molecule has 1 aliphatic heterocycles. The number of hydrogen-bond donors (Lipinski definition) is 1. The van der Waals surface area contributed by atoms with Gasteiger partial charge in [0.15, 0.2) is 9.84 Å². The minimum absolute atomic E-state index is 0.0130. The van der Waals surface area contributed by atoms with Crippen LogP contribution in [0, 0.1) is 11.3 Å². The Morgan fingerprint density at radius 1 is 1.28 bits per heavy atom. The topological polar surface area (TPSA) is 107 Å². The first-order valence-electron chi connectivity index (χ1n) is 7.92. The van der Waals surface area contributed by atoms with E-state index < -0.39 is 20.0 Å². The molecule has 3 rings (SSSR count). The van der Waals surface area contributed by atoms with Gasteiger partial charge in [-0.1, -0.05) is 11.6 Å². The molecule has 140 valence electrons. The second kappa shape index (κ2) is 6.38. The van der Waals surface area contributed by atoms with E-state index in [2.05, 4.69) is 0 Å². The summed E-state index contributed by atoms with van der Waals surface area (Å²) in [5.41, 5.74) is -0.0972. The standard InChI is InChI=1S/C15H21ClN2O5S2/c1-23-13-3-2-12(16)8-14(13)24(19,20)10-11-9-15(11)4-6-18(7-5-15)25(17,21)22/h2-3,8,11H,4-7,9-10H2,1H3,(H2,17,21,22)/t11-/m0/s1. The molecule has 0 unspecified atom stereocenters. The molecule has 0 aromatic heterocycles. The third-order valence-electron chi connectivity index (χ3n) is 5.32. The summed E-state index contributed by atoms with van der Waals surface area (Å²) in [5, 5.41) is 5.49. The summed E-state index contributed by atoms with van der Waals surface area (Å²) in [5.74, 6) is 0.311. The van der Waals surface area contributed by atoms with E-state index in [1.807, 2.05) is 0 Å². The van der Waals surface area contributed by atoms with Crippen LogP contribution < -0.4 is 9.88 Å². The van der Waals surface area contributed by atoms with Crippen LogP contribution in [0.3, 0.4) is 0 Å². The molecule has 1 saturated heterocycles. The van der Waals surface area contributed by atoms with Gasteiger partial charge in [0.2, 0.25) is 0 Å². The van der Waals surface area contributed by atoms with Gasteiger partial charge in [-0.05, 0) is 48.8 Å². The first-order chi connectivity index (χ1) is 11.6. The average molecular weight is 409 g/mol. The first-order valence-corrected chi connectivity index (χ1v) is 11.4. The van der Waals surface area contributed by atoms with E-state index in [1.165, 1.54) is 17.5 Å². The molecule has 2 aliphatic rings. The Balaban J connectivity index is 1.72. The maximum atomic E-state index is 12.8. The Hall–Kier alpha value is -0.870. The number of ether oxygens (including phenoxy) is 1. The maximum Gasteiger partial charge on any atom is 0.276 e. The van der Waals surface area contributed by atoms with E-state index >= 15 is 0 Å². The van der Waals surface area contributed by atoms with Crippen molar-refractivity contribution in [3.8, 4) is 5.75 Å². The van der Waals surface area contributed by atoms with Crippen molar-refractivity contribution >= 4 is 31.6 Å². The smallest absolute Gasteiger partial charge is 0.276 e. The van der Waals surface area contributed by atoms with Crippen LogP contribution in [0.15, 0.2) is 23.1 Å². The van der Waals surface area contributed by atoms with Gasteiger partial charge in [-0.25, -0.2) is 13.6 Å². The average Bonchev–Trinajstić information content (AvgIpc) is 3.17. The zero-order chi connectivity index (χ0) is 18.5. The van der Waals surface area contributed by atoms with Crippen molar-refractivity contribution in [1.82, 2.24) is 4.31 Å². The van der Waals surface area contributed by atoms with Gasteiger partial charge in [0.1, 0.15) is 10.6 Å². The van der Waals surface area contributed by atoms with Crippen LogP contribution in [-0.2, 0) is 20.0 Å². The lowest BCUT2D eigenvalue weighted by molar-refractivity contribution is 0.244. The number of nitrogens with two attached hydrogens (primary N) is 1. The fourth-order valence-electron chi connectivity index (χ4n) is 3.71. The molecule has 0 bridgehead atoms. The van der Waals surface area contributed by atoms with Gasteiger partial charge in [0, 0.05) is 18.1 Å². The maximum absolute atomic E-state index is 12.8. The van der Waals surface area contributed by atoms with E-state index in [0.29, 0.717) is 31.0 Å². The van der Waals surface area contributed by atoms with Crippen LogP contribution in [0.2, 0.25) is 5.02 Å². The van der Waals surface area contributed by atoms with Gasteiger partial charge in [-0.2, -0.15) is 12.7 Å². The molecule has 1 saturated carbocycles. The fourth-order valence-corrected chi connectivity index (χ4v) is 6.59. The lowest BCUT2D eigenvalue weighted by Gasteiger charge is -2.30. The number of methoxy groups -OCH3 is 1. The zero-order valence-corrected chi connectivity index (χ0v) is 16.2. The summed E-state index contributed by atoms with van der Waals surface area (Å²) in [7, 11) is -5.80. The molecular formula is C15H21ClN2O5S2. The number of piperidine rings is 1. The predicted molar refractivity (Wildman–Crippen MR) is 94.5 cm³/mol. The highest BCUT2D eigenvalue weighted by Crippen LogP contribution is 2.60. The van der Waals surface area contributed by atoms with Crippen molar-refractivity contribution in [3.05, 3.63) is 23.2 Å². The highest BCUT2D eigenvalue weighted by Gasteiger charge is 2.56. The van der Waals surface area contributed by atoms with Gasteiger partial charge in [0.25, 0.3) is 10.2 Å². The van der Waals surface area contributed by atoms with Crippen LogP contribution >= 0.6 is 11.6 Å². The van der Waals surface area contributed by atoms with Crippen molar-refractivity contribution in [2.24, 2.45) is 16.5 Å². The van der Waals surface area contributed by atoms with Gasteiger partial charge in [0.05, 0.1) is 12.9 Å². The monoisotopic (exact) mass is 408 g/mol. The summed E-state index contributed by atoms with van der Waals surface area (Å²) >= 11 is 5.94. The molecule has 1 aliphatic carbocycles. The summed E-state index contributed by atoms with van der Waals surface area (Å²) < 4.78 is 54.8. The molecule has 2 fully saturated rings. The molecule has 10 heteroatoms. The molecular weight excluding hydrogens is 388 g/mol. The van der Waals surface area contributed by atoms with Gasteiger partial charge in [-0.15, -0.1) is 0 Å². The number of halogens is 1. The Kier molecular flexibility index (Phi) is 4.83. The molecule has 1 aromatic rings. The molecule has 1 atom stereocenters. The normalized spacial score (nSPS) is 23.6. The molecule has 0 radical (unpaired) electrons. The third kappa shape index (κ3) is 3.80. The molecule has 1 aromatic carbocycles. The summed E-state index contributed by atoms with van der Waals surface area (Å²) in [6, 6.07) is 4.54. The highest BCUT2D eigenvalue weighted by molar-refractivity contribution is 7.91. The largest absolute Gasteiger partial charge is 0.495 e. The minimum Gasteiger partial charge on any atom is -0.495 e. The van der Waals surface area contributed by atoms with E-state index in [-0.39, 0.29) is 27.7 Å². The Bertz CT molecular complexity index is 877. The quantitative estimate of drug-likeness (QED) is 0.792. The fraction of sp³-hybridized carbons (Fsp3) is 0.600. The third-order valence-corrected chi connectivity index (χ3v) is 8.47. The molecule has 1 spiro atoms. The predicted octanol–water partition coefficient (Wildman–Crippen LogP) is 1.43. The zero-order valence-electron chi connectivity index (χ0n) is 13.8. The Morgan fingerprint density at radius 3 is 2.48 bits per heavy atom. The number of nitrogens with zero attached hydrogens (tertiary/aromatic N) is 1. The van der Waals surface area contributed by atoms with Crippen LogP contribution in [-0.4, -0.2) is 47.1 Å². The molecule has 7 nitrogen and oxygen atoms in total. The van der Waals surface area contributed by atoms with Crippen molar-refractivity contribution in [3.63, 3.8) is 0 Å². The van der Waals surface area contributed by atoms with Gasteiger partial charge < -0.3 is 4.74 Å². The Labute approximate surface area is 153 Å². The van der Waals surface area contributed by atoms with Crippen molar-refractivity contribution in [2.75, 3.05) is 26.0 Å². The number of hydrogen-bond acceptors (Lipinski definition) is 5. The highest BCUT2D eigenvalue weighted by atomic mass is 35.5. The van der Waals surface area contributed by atoms with E-state index in [9.17, 15) is 16.8 Å². The van der Waals surface area contributed by atoms with Crippen LogP contribution in [0.4, 0.5) is 0 Å². The van der Waals surface area contributed by atoms with Crippen LogP contribution in [0.1, 0.15) is 19.3 Å². The second-order valence-corrected chi connectivity index (χ2v) is 10.8. The molecule has 0 amide bonds. The summed E-state index contributed by atoms with van der Waals surface area (Å²) in [4.78, 5) is 0.103. The summed E-state index contributed by atoms with van der Waals surface area (Å²) in [6.45, 7) is 0.686. The molecule has 25 heavy (non-hydrogen) atoms. The van der Waals surface area contributed by atoms with E-state index in [0.717, 1.165) is 6.42 Å².